The van der Waals surface area contributed by atoms with E-state index in [1.54, 1.807) is 18.5 Å². The minimum Gasteiger partial charge on any atom is -0.330 e. The Morgan fingerprint density at radius 2 is 0.432 bits per heavy atom. The molecule has 268 valence electrons. The van der Waals surface area contributed by atoms with Crippen LogP contribution >= 0.6 is 7.92 Å². The lowest BCUT2D eigenvalue weighted by molar-refractivity contribution is 0.530. The van der Waals surface area contributed by atoms with Crippen LogP contribution in [0.3, 0.4) is 0 Å². The van der Waals surface area contributed by atoms with Crippen LogP contribution in [0.25, 0.3) is 0 Å². The number of rotatable bonds is 37. The highest BCUT2D eigenvalue weighted by Crippen LogP contribution is 2.39. The van der Waals surface area contributed by atoms with Crippen molar-refractivity contribution >= 4 is 7.92 Å². The molecule has 2 heteroatoms. The molecule has 0 spiro atoms. The summed E-state index contributed by atoms with van der Waals surface area (Å²) in [5.41, 5.74) is 5.48. The Morgan fingerprint density at radius 3 is 0.636 bits per heavy atom. The van der Waals surface area contributed by atoms with E-state index in [1.165, 1.54) is 218 Å². The molecule has 0 unspecified atom stereocenters. The van der Waals surface area contributed by atoms with Gasteiger partial charge in [0, 0.05) is 0 Å². The van der Waals surface area contributed by atoms with Crippen molar-refractivity contribution in [2.24, 2.45) is 5.73 Å². The van der Waals surface area contributed by atoms with Crippen molar-refractivity contribution in [3.63, 3.8) is 0 Å². The second-order valence-electron chi connectivity index (χ2n) is 14.2. The lowest BCUT2D eigenvalue weighted by Crippen LogP contribution is -1.97. The topological polar surface area (TPSA) is 26.0 Å². The Balaban J connectivity index is 0. The number of hydrogen-bond donors (Lipinski definition) is 1. The summed E-state index contributed by atoms with van der Waals surface area (Å²) in [5.74, 6) is 0. The van der Waals surface area contributed by atoms with Crippen LogP contribution in [0.4, 0.5) is 0 Å². The van der Waals surface area contributed by atoms with Crippen molar-refractivity contribution in [2.45, 2.75) is 246 Å². The zero-order chi connectivity index (χ0) is 32.4. The summed E-state index contributed by atoms with van der Waals surface area (Å²) in [6.07, 6.45) is 54.1. The van der Waals surface area contributed by atoms with E-state index in [2.05, 4.69) is 27.7 Å². The van der Waals surface area contributed by atoms with Crippen molar-refractivity contribution in [1.29, 1.82) is 0 Å². The molecule has 0 rings (SSSR count). The first-order chi connectivity index (χ1) is 21.8. The minimum atomic E-state index is 0.366. The summed E-state index contributed by atoms with van der Waals surface area (Å²) in [4.78, 5) is 0. The normalized spacial score (nSPS) is 11.3. The van der Waals surface area contributed by atoms with Crippen LogP contribution in [0.5, 0.6) is 0 Å². The predicted octanol–water partition coefficient (Wildman–Crippen LogP) is 15.8. The third-order valence-electron chi connectivity index (χ3n) is 9.54. The van der Waals surface area contributed by atoms with Crippen molar-refractivity contribution < 1.29 is 0 Å². The highest BCUT2D eigenvalue weighted by Gasteiger charge is 2.08. The van der Waals surface area contributed by atoms with Crippen molar-refractivity contribution in [3.05, 3.63) is 0 Å². The molecule has 0 fully saturated rings. The molecule has 0 heterocycles. The maximum atomic E-state index is 5.48. The molecule has 0 aromatic carbocycles. The Morgan fingerprint density at radius 1 is 0.250 bits per heavy atom. The third kappa shape index (κ3) is 44.5. The molecule has 0 aromatic rings. The van der Waals surface area contributed by atoms with Gasteiger partial charge >= 0.3 is 0 Å². The number of unbranched alkanes of at least 4 members (excludes halogenated alkanes) is 30. The molecule has 0 radical (unpaired) electrons. The van der Waals surface area contributed by atoms with Gasteiger partial charge in [0.15, 0.2) is 0 Å². The van der Waals surface area contributed by atoms with E-state index in [9.17, 15) is 0 Å². The summed E-state index contributed by atoms with van der Waals surface area (Å²) < 4.78 is 0. The van der Waals surface area contributed by atoms with Gasteiger partial charge in [0.05, 0.1) is 0 Å². The van der Waals surface area contributed by atoms with E-state index in [1.807, 2.05) is 0 Å². The molecule has 0 aliphatic heterocycles. The van der Waals surface area contributed by atoms with Crippen molar-refractivity contribution in [1.82, 2.24) is 0 Å². The Kier molecular flexibility index (Phi) is 48.1. The number of hydrogen-bond acceptors (Lipinski definition) is 1. The Bertz CT molecular complexity index is 399. The monoisotopic (exact) mass is 640 g/mol. The molecule has 0 saturated carbocycles. The summed E-state index contributed by atoms with van der Waals surface area (Å²) in [7, 11) is 0.366. The van der Waals surface area contributed by atoms with Crippen LogP contribution in [-0.2, 0) is 0 Å². The SMILES string of the molecule is CCCCCCCCCCCCCCCCCCN.CCCCCCCCP(CCCCCCCC)CCCCCCCC. The van der Waals surface area contributed by atoms with Crippen LogP contribution in [0.2, 0.25) is 0 Å². The fourth-order valence-corrected chi connectivity index (χ4v) is 9.06. The second kappa shape index (κ2) is 45.5. The zero-order valence-electron chi connectivity index (χ0n) is 31.9. The highest BCUT2D eigenvalue weighted by molar-refractivity contribution is 7.57. The molecule has 1 nitrogen and oxygen atoms in total. The molecule has 0 amide bonds. The molecule has 0 aliphatic carbocycles. The van der Waals surface area contributed by atoms with E-state index >= 15 is 0 Å². The minimum absolute atomic E-state index is 0.366. The van der Waals surface area contributed by atoms with Gasteiger partial charge < -0.3 is 5.73 Å². The summed E-state index contributed by atoms with van der Waals surface area (Å²) >= 11 is 0. The third-order valence-corrected chi connectivity index (χ3v) is 12.4. The van der Waals surface area contributed by atoms with Gasteiger partial charge in [-0.3, -0.25) is 0 Å². The first-order valence-electron chi connectivity index (χ1n) is 21.2. The van der Waals surface area contributed by atoms with Crippen LogP contribution < -0.4 is 5.73 Å². The van der Waals surface area contributed by atoms with Crippen LogP contribution in [0.1, 0.15) is 246 Å². The Hall–Kier alpha value is 0.390. The Labute approximate surface area is 284 Å². The quantitative estimate of drug-likeness (QED) is 0.0531. The fourth-order valence-electron chi connectivity index (χ4n) is 6.38. The van der Waals surface area contributed by atoms with Gasteiger partial charge in [0.1, 0.15) is 0 Å². The molecule has 0 atom stereocenters. The van der Waals surface area contributed by atoms with Crippen LogP contribution in [0, 0.1) is 0 Å². The number of nitrogens with two attached hydrogens (primary N) is 1. The smallest absolute Gasteiger partial charge is 0.00773 e. The van der Waals surface area contributed by atoms with Gasteiger partial charge in [0.25, 0.3) is 0 Å². The zero-order valence-corrected chi connectivity index (χ0v) is 32.8. The predicted molar refractivity (Wildman–Crippen MR) is 210 cm³/mol. The highest BCUT2D eigenvalue weighted by atomic mass is 31.1. The van der Waals surface area contributed by atoms with E-state index in [0.717, 1.165) is 6.54 Å². The molecule has 0 aromatic heterocycles. The summed E-state index contributed by atoms with van der Waals surface area (Å²) in [6, 6.07) is 0. The van der Waals surface area contributed by atoms with E-state index in [4.69, 9.17) is 5.73 Å². The molecule has 2 N–H and O–H groups in total. The van der Waals surface area contributed by atoms with Gasteiger partial charge in [-0.15, -0.1) is 7.92 Å². The lowest BCUT2D eigenvalue weighted by atomic mass is 10.0. The maximum absolute atomic E-state index is 5.48. The second-order valence-corrected chi connectivity index (χ2v) is 16.9. The standard InChI is InChI=1S/C24H51P.C18H39N/c1-4-7-10-13-16-19-22-25(23-20-17-14-11-8-5-2)24-21-18-15-12-9-6-3;1-2-3-4-5-6-7-8-9-10-11-12-13-14-15-16-17-18-19/h4-24H2,1-3H3;2-19H2,1H3. The van der Waals surface area contributed by atoms with Crippen LogP contribution in [-0.4, -0.2) is 25.0 Å². The fraction of sp³-hybridized carbons (Fsp3) is 1.00. The largest absolute Gasteiger partial charge is 0.330 e. The molecular weight excluding hydrogens is 549 g/mol. The van der Waals surface area contributed by atoms with E-state index in [0.29, 0.717) is 7.92 Å². The van der Waals surface area contributed by atoms with Gasteiger partial charge in [-0.05, 0) is 50.7 Å². The summed E-state index contributed by atoms with van der Waals surface area (Å²) in [5, 5.41) is 0. The lowest BCUT2D eigenvalue weighted by Gasteiger charge is -2.18. The van der Waals surface area contributed by atoms with Gasteiger partial charge in [-0.2, -0.15) is 0 Å². The molecule has 44 heavy (non-hydrogen) atoms. The van der Waals surface area contributed by atoms with E-state index in [-0.39, 0.29) is 0 Å². The van der Waals surface area contributed by atoms with Gasteiger partial charge in [-0.25, -0.2) is 0 Å². The molecule has 0 aliphatic rings. The maximum Gasteiger partial charge on any atom is -0.00773 e. The molecular formula is C42H90NP. The average Bonchev–Trinajstić information content (AvgIpc) is 3.04. The molecule has 0 bridgehead atoms. The average molecular weight is 640 g/mol. The van der Waals surface area contributed by atoms with Gasteiger partial charge in [-0.1, -0.05) is 220 Å². The summed E-state index contributed by atoms with van der Waals surface area (Å²) in [6.45, 7) is 10.1. The van der Waals surface area contributed by atoms with E-state index < -0.39 is 0 Å². The van der Waals surface area contributed by atoms with Gasteiger partial charge in [0.2, 0.25) is 0 Å². The van der Waals surface area contributed by atoms with Crippen molar-refractivity contribution in [2.75, 3.05) is 25.0 Å². The van der Waals surface area contributed by atoms with Crippen molar-refractivity contribution in [3.8, 4) is 0 Å². The molecule has 0 saturated heterocycles. The van der Waals surface area contributed by atoms with Crippen LogP contribution in [0.15, 0.2) is 0 Å². The first-order valence-corrected chi connectivity index (χ1v) is 23.1. The first kappa shape index (κ1) is 46.5.